The number of benzene rings is 1. The van der Waals surface area contributed by atoms with Crippen LogP contribution in [0.3, 0.4) is 0 Å². The Balaban J connectivity index is 1.54. The average Bonchev–Trinajstić information content (AvgIpc) is 2.97. The summed E-state index contributed by atoms with van der Waals surface area (Å²) in [5, 5.41) is 0. The molecule has 0 spiro atoms. The van der Waals surface area contributed by atoms with Gasteiger partial charge in [-0.2, -0.15) is 0 Å². The van der Waals surface area contributed by atoms with Gasteiger partial charge in [-0.1, -0.05) is 12.8 Å². The molecule has 4 heteroatoms. The normalized spacial score (nSPS) is 20.1. The second kappa shape index (κ2) is 4.69. The zero-order valence-electron chi connectivity index (χ0n) is 10.5. The van der Waals surface area contributed by atoms with E-state index >= 15 is 0 Å². The molecule has 2 aliphatic rings. The van der Waals surface area contributed by atoms with Gasteiger partial charge in [-0.3, -0.25) is 0 Å². The van der Waals surface area contributed by atoms with Gasteiger partial charge in [-0.05, 0) is 31.4 Å². The van der Waals surface area contributed by atoms with Gasteiger partial charge >= 0.3 is 0 Å². The van der Waals surface area contributed by atoms with E-state index in [1.54, 1.807) is 0 Å². The molecule has 4 nitrogen and oxygen atoms in total. The Morgan fingerprint density at radius 3 is 2.78 bits per heavy atom. The molecule has 1 aromatic rings. The first kappa shape index (κ1) is 11.7. The molecule has 1 saturated carbocycles. The SMILES string of the molecule is NC1(CCOc2ccc3c(c2)OCO3)CCCC1. The van der Waals surface area contributed by atoms with Crippen LogP contribution in [0, 0.1) is 0 Å². The molecule has 0 unspecified atom stereocenters. The van der Waals surface area contributed by atoms with Gasteiger partial charge in [0.2, 0.25) is 6.79 Å². The van der Waals surface area contributed by atoms with Crippen LogP contribution < -0.4 is 19.9 Å². The largest absolute Gasteiger partial charge is 0.493 e. The first-order chi connectivity index (χ1) is 8.75. The first-order valence-corrected chi connectivity index (χ1v) is 6.57. The van der Waals surface area contributed by atoms with E-state index < -0.39 is 0 Å². The van der Waals surface area contributed by atoms with Crippen molar-refractivity contribution < 1.29 is 14.2 Å². The summed E-state index contributed by atoms with van der Waals surface area (Å²) in [5.41, 5.74) is 6.29. The molecule has 18 heavy (non-hydrogen) atoms. The third-order valence-corrected chi connectivity index (χ3v) is 3.81. The maximum atomic E-state index is 6.29. The predicted octanol–water partition coefficient (Wildman–Crippen LogP) is 2.46. The smallest absolute Gasteiger partial charge is 0.231 e. The van der Waals surface area contributed by atoms with Crippen molar-refractivity contribution in [2.45, 2.75) is 37.6 Å². The van der Waals surface area contributed by atoms with Crippen molar-refractivity contribution in [1.29, 1.82) is 0 Å². The zero-order chi connectivity index (χ0) is 12.4. The Morgan fingerprint density at radius 2 is 1.94 bits per heavy atom. The monoisotopic (exact) mass is 249 g/mol. The molecule has 0 bridgehead atoms. The molecule has 0 atom stereocenters. The molecule has 1 fully saturated rings. The van der Waals surface area contributed by atoms with E-state index in [9.17, 15) is 0 Å². The van der Waals surface area contributed by atoms with Gasteiger partial charge in [0, 0.05) is 11.6 Å². The summed E-state index contributed by atoms with van der Waals surface area (Å²) in [6.45, 7) is 0.959. The summed E-state index contributed by atoms with van der Waals surface area (Å²) >= 11 is 0. The number of ether oxygens (including phenoxy) is 3. The van der Waals surface area contributed by atoms with Crippen molar-refractivity contribution in [3.05, 3.63) is 18.2 Å². The fraction of sp³-hybridized carbons (Fsp3) is 0.571. The van der Waals surface area contributed by atoms with Gasteiger partial charge in [-0.25, -0.2) is 0 Å². The van der Waals surface area contributed by atoms with Crippen LogP contribution in [0.25, 0.3) is 0 Å². The van der Waals surface area contributed by atoms with Gasteiger partial charge < -0.3 is 19.9 Å². The van der Waals surface area contributed by atoms with Gasteiger partial charge in [-0.15, -0.1) is 0 Å². The average molecular weight is 249 g/mol. The molecule has 1 aliphatic carbocycles. The van der Waals surface area contributed by atoms with Crippen LogP contribution in [0.5, 0.6) is 17.2 Å². The molecule has 0 saturated heterocycles. The van der Waals surface area contributed by atoms with Gasteiger partial charge in [0.1, 0.15) is 5.75 Å². The van der Waals surface area contributed by atoms with Gasteiger partial charge in [0.05, 0.1) is 6.61 Å². The number of fused-ring (bicyclic) bond motifs is 1. The quantitative estimate of drug-likeness (QED) is 0.890. The minimum absolute atomic E-state index is 0.00363. The van der Waals surface area contributed by atoms with E-state index in [4.69, 9.17) is 19.9 Å². The van der Waals surface area contributed by atoms with Crippen molar-refractivity contribution in [1.82, 2.24) is 0 Å². The van der Waals surface area contributed by atoms with Crippen molar-refractivity contribution in [2.75, 3.05) is 13.4 Å². The maximum Gasteiger partial charge on any atom is 0.231 e. The Bertz CT molecular complexity index is 427. The predicted molar refractivity (Wildman–Crippen MR) is 68.1 cm³/mol. The molecule has 1 aliphatic heterocycles. The highest BCUT2D eigenvalue weighted by molar-refractivity contribution is 5.46. The molecule has 3 rings (SSSR count). The highest BCUT2D eigenvalue weighted by Gasteiger charge is 2.28. The summed E-state index contributed by atoms with van der Waals surface area (Å²) < 4.78 is 16.3. The van der Waals surface area contributed by atoms with Crippen LogP contribution >= 0.6 is 0 Å². The molecule has 0 amide bonds. The third-order valence-electron chi connectivity index (χ3n) is 3.81. The number of rotatable bonds is 4. The summed E-state index contributed by atoms with van der Waals surface area (Å²) in [5.74, 6) is 2.37. The van der Waals surface area contributed by atoms with E-state index in [1.165, 1.54) is 12.8 Å². The lowest BCUT2D eigenvalue weighted by atomic mass is 9.95. The Hall–Kier alpha value is -1.42. The number of hydrogen-bond acceptors (Lipinski definition) is 4. The lowest BCUT2D eigenvalue weighted by Gasteiger charge is -2.23. The lowest BCUT2D eigenvalue weighted by molar-refractivity contribution is 0.173. The molecule has 0 aromatic heterocycles. The van der Waals surface area contributed by atoms with Crippen LogP contribution in [0.15, 0.2) is 18.2 Å². The summed E-state index contributed by atoms with van der Waals surface area (Å²) in [6, 6.07) is 5.66. The Labute approximate surface area is 107 Å². The van der Waals surface area contributed by atoms with Crippen molar-refractivity contribution >= 4 is 0 Å². The minimum Gasteiger partial charge on any atom is -0.493 e. The topological polar surface area (TPSA) is 53.7 Å². The second-order valence-electron chi connectivity index (χ2n) is 5.18. The number of nitrogens with two attached hydrogens (primary N) is 1. The summed E-state index contributed by atoms with van der Waals surface area (Å²) in [7, 11) is 0. The molecule has 1 aromatic carbocycles. The van der Waals surface area contributed by atoms with E-state index in [1.807, 2.05) is 18.2 Å². The fourth-order valence-corrected chi connectivity index (χ4v) is 2.67. The van der Waals surface area contributed by atoms with Crippen LogP contribution in [0.2, 0.25) is 0 Å². The van der Waals surface area contributed by atoms with Crippen molar-refractivity contribution in [3.8, 4) is 17.2 Å². The minimum atomic E-state index is -0.00363. The van der Waals surface area contributed by atoms with Crippen LogP contribution in [0.1, 0.15) is 32.1 Å². The highest BCUT2D eigenvalue weighted by Crippen LogP contribution is 2.35. The maximum absolute atomic E-state index is 6.29. The van der Waals surface area contributed by atoms with Gasteiger partial charge in [0.15, 0.2) is 11.5 Å². The fourth-order valence-electron chi connectivity index (χ4n) is 2.67. The third kappa shape index (κ3) is 2.38. The molecule has 1 heterocycles. The van der Waals surface area contributed by atoms with E-state index in [0.717, 1.165) is 36.5 Å². The molecule has 0 radical (unpaired) electrons. The van der Waals surface area contributed by atoms with E-state index in [2.05, 4.69) is 0 Å². The van der Waals surface area contributed by atoms with Crippen LogP contribution in [-0.2, 0) is 0 Å². The summed E-state index contributed by atoms with van der Waals surface area (Å²) in [4.78, 5) is 0. The van der Waals surface area contributed by atoms with E-state index in [0.29, 0.717) is 13.4 Å². The standard InChI is InChI=1S/C14H19NO3/c15-14(5-1-2-6-14)7-8-16-11-3-4-12-13(9-11)18-10-17-12/h3-4,9H,1-2,5-8,10,15H2. The lowest BCUT2D eigenvalue weighted by Crippen LogP contribution is -2.37. The first-order valence-electron chi connectivity index (χ1n) is 6.57. The molecule has 98 valence electrons. The highest BCUT2D eigenvalue weighted by atomic mass is 16.7. The second-order valence-corrected chi connectivity index (χ2v) is 5.18. The molecule has 2 N–H and O–H groups in total. The Kier molecular flexibility index (Phi) is 3.04. The zero-order valence-corrected chi connectivity index (χ0v) is 10.5. The Morgan fingerprint density at radius 1 is 1.17 bits per heavy atom. The number of hydrogen-bond donors (Lipinski definition) is 1. The molecular weight excluding hydrogens is 230 g/mol. The van der Waals surface area contributed by atoms with Crippen LogP contribution in [-0.4, -0.2) is 18.9 Å². The van der Waals surface area contributed by atoms with Crippen molar-refractivity contribution in [2.24, 2.45) is 5.73 Å². The van der Waals surface area contributed by atoms with Crippen LogP contribution in [0.4, 0.5) is 0 Å². The molecular formula is C14H19NO3. The van der Waals surface area contributed by atoms with Gasteiger partial charge in [0.25, 0.3) is 0 Å². The summed E-state index contributed by atoms with van der Waals surface area (Å²) in [6.07, 6.45) is 5.66. The van der Waals surface area contributed by atoms with Crippen molar-refractivity contribution in [3.63, 3.8) is 0 Å². The van der Waals surface area contributed by atoms with E-state index in [-0.39, 0.29) is 5.54 Å².